The molecule has 0 aliphatic rings. The lowest BCUT2D eigenvalue weighted by Gasteiger charge is -2.11. The minimum absolute atomic E-state index is 0.0210. The smallest absolute Gasteiger partial charge is 0.259 e. The molecule has 4 nitrogen and oxygen atoms in total. The second-order valence-corrected chi connectivity index (χ2v) is 6.16. The molecule has 0 saturated carbocycles. The van der Waals surface area contributed by atoms with Crippen LogP contribution in [-0.2, 0) is 4.79 Å². The van der Waals surface area contributed by atoms with Gasteiger partial charge >= 0.3 is 0 Å². The van der Waals surface area contributed by atoms with E-state index in [2.05, 4.69) is 6.07 Å². The molecule has 2 rings (SSSR count). The molecule has 0 aliphatic heterocycles. The van der Waals surface area contributed by atoms with Crippen molar-refractivity contribution in [3.05, 3.63) is 70.8 Å². The summed E-state index contributed by atoms with van der Waals surface area (Å²) in [6.07, 6.45) is 3.41. The minimum Gasteiger partial charge on any atom is -0.484 e. The van der Waals surface area contributed by atoms with E-state index in [0.29, 0.717) is 11.3 Å². The Morgan fingerprint density at radius 1 is 1.04 bits per heavy atom. The van der Waals surface area contributed by atoms with Gasteiger partial charge in [0.05, 0.1) is 0 Å². The quantitative estimate of drug-likeness (QED) is 0.597. The highest BCUT2D eigenvalue weighted by Crippen LogP contribution is 2.15. The van der Waals surface area contributed by atoms with Gasteiger partial charge in [-0.2, -0.15) is 0 Å². The van der Waals surface area contributed by atoms with E-state index in [1.807, 2.05) is 32.1 Å². The molecular weight excluding hydrogens is 314 g/mol. The fourth-order valence-electron chi connectivity index (χ4n) is 2.19. The van der Waals surface area contributed by atoms with Crippen molar-refractivity contribution in [3.8, 4) is 5.75 Å². The number of carbonyl (C=O) groups is 2. The zero-order chi connectivity index (χ0) is 18.4. The molecule has 0 spiro atoms. The summed E-state index contributed by atoms with van der Waals surface area (Å²) in [5.41, 5.74) is 3.90. The number of hydrogen-bond donors (Lipinski definition) is 0. The SMILES string of the molecule is Cc1ccc(C)c(/C=C/C(=O)c2ccc(OCC(=O)N(C)C)cc2)c1. The van der Waals surface area contributed by atoms with Gasteiger partial charge in [-0.3, -0.25) is 9.59 Å². The Hall–Kier alpha value is -2.88. The van der Waals surface area contributed by atoms with Crippen LogP contribution in [0.3, 0.4) is 0 Å². The first-order valence-electron chi connectivity index (χ1n) is 8.09. The highest BCUT2D eigenvalue weighted by molar-refractivity contribution is 6.06. The maximum atomic E-state index is 12.3. The molecule has 0 N–H and O–H groups in total. The van der Waals surface area contributed by atoms with Crippen molar-refractivity contribution in [1.82, 2.24) is 4.90 Å². The second kappa shape index (κ2) is 8.29. The average molecular weight is 337 g/mol. The summed E-state index contributed by atoms with van der Waals surface area (Å²) in [5.74, 6) is 0.374. The van der Waals surface area contributed by atoms with Gasteiger partial charge in [0.2, 0.25) is 0 Å². The van der Waals surface area contributed by atoms with Crippen LogP contribution in [0.15, 0.2) is 48.5 Å². The predicted octanol–water partition coefficient (Wildman–Crippen LogP) is 3.67. The molecule has 0 aromatic heterocycles. The van der Waals surface area contributed by atoms with Gasteiger partial charge in [0.25, 0.3) is 5.91 Å². The number of allylic oxidation sites excluding steroid dienone is 1. The van der Waals surface area contributed by atoms with Crippen molar-refractivity contribution in [1.29, 1.82) is 0 Å². The van der Waals surface area contributed by atoms with E-state index in [1.54, 1.807) is 44.4 Å². The van der Waals surface area contributed by atoms with Gasteiger partial charge in [-0.1, -0.05) is 29.8 Å². The van der Waals surface area contributed by atoms with Crippen LogP contribution in [0.25, 0.3) is 6.08 Å². The number of aryl methyl sites for hydroxylation is 2. The first kappa shape index (κ1) is 18.5. The van der Waals surface area contributed by atoms with Gasteiger partial charge in [-0.25, -0.2) is 0 Å². The highest BCUT2D eigenvalue weighted by Gasteiger charge is 2.06. The van der Waals surface area contributed by atoms with Gasteiger partial charge in [-0.05, 0) is 55.3 Å². The van der Waals surface area contributed by atoms with E-state index in [4.69, 9.17) is 4.74 Å². The van der Waals surface area contributed by atoms with Crippen molar-refractivity contribution in [2.24, 2.45) is 0 Å². The molecule has 0 fully saturated rings. The Labute approximate surface area is 148 Å². The van der Waals surface area contributed by atoms with Crippen molar-refractivity contribution in [3.63, 3.8) is 0 Å². The number of ketones is 1. The Bertz CT molecular complexity index is 789. The molecule has 0 aliphatic carbocycles. The van der Waals surface area contributed by atoms with Gasteiger partial charge in [0.15, 0.2) is 12.4 Å². The lowest BCUT2D eigenvalue weighted by Crippen LogP contribution is -2.27. The van der Waals surface area contributed by atoms with Crippen LogP contribution in [0.4, 0.5) is 0 Å². The summed E-state index contributed by atoms with van der Waals surface area (Å²) in [7, 11) is 3.35. The number of amides is 1. The molecule has 0 unspecified atom stereocenters. The molecule has 4 heteroatoms. The molecule has 130 valence electrons. The zero-order valence-corrected chi connectivity index (χ0v) is 15.1. The summed E-state index contributed by atoms with van der Waals surface area (Å²) < 4.78 is 5.40. The standard InChI is InChI=1S/C21H23NO3/c1-15-5-6-16(2)18(13-15)9-12-20(23)17-7-10-19(11-8-17)25-14-21(24)22(3)4/h5-13H,14H2,1-4H3/b12-9+. The maximum Gasteiger partial charge on any atom is 0.259 e. The Kier molecular flexibility index (Phi) is 6.12. The largest absolute Gasteiger partial charge is 0.484 e. The molecule has 2 aromatic carbocycles. The van der Waals surface area contributed by atoms with E-state index < -0.39 is 0 Å². The third-order valence-corrected chi connectivity index (χ3v) is 3.85. The number of benzene rings is 2. The van der Waals surface area contributed by atoms with Gasteiger partial charge in [0.1, 0.15) is 5.75 Å². The number of rotatable bonds is 6. The predicted molar refractivity (Wildman–Crippen MR) is 99.9 cm³/mol. The molecule has 0 saturated heterocycles. The summed E-state index contributed by atoms with van der Waals surface area (Å²) in [4.78, 5) is 25.3. The molecule has 0 atom stereocenters. The second-order valence-electron chi connectivity index (χ2n) is 6.16. The van der Waals surface area contributed by atoms with Crippen LogP contribution in [0.5, 0.6) is 5.75 Å². The summed E-state index contributed by atoms with van der Waals surface area (Å²) >= 11 is 0. The minimum atomic E-state index is -0.114. The number of ether oxygens (including phenoxy) is 1. The van der Waals surface area contributed by atoms with E-state index in [0.717, 1.165) is 16.7 Å². The Morgan fingerprint density at radius 2 is 1.72 bits per heavy atom. The van der Waals surface area contributed by atoms with E-state index in [9.17, 15) is 9.59 Å². The van der Waals surface area contributed by atoms with Crippen molar-refractivity contribution in [2.45, 2.75) is 13.8 Å². The third-order valence-electron chi connectivity index (χ3n) is 3.85. The summed E-state index contributed by atoms with van der Waals surface area (Å²) in [5, 5.41) is 0. The Morgan fingerprint density at radius 3 is 2.36 bits per heavy atom. The zero-order valence-electron chi connectivity index (χ0n) is 15.1. The van der Waals surface area contributed by atoms with Crippen LogP contribution < -0.4 is 4.74 Å². The average Bonchev–Trinajstić information content (AvgIpc) is 2.60. The van der Waals surface area contributed by atoms with Crippen LogP contribution >= 0.6 is 0 Å². The van der Waals surface area contributed by atoms with E-state index in [-0.39, 0.29) is 18.3 Å². The highest BCUT2D eigenvalue weighted by atomic mass is 16.5. The van der Waals surface area contributed by atoms with Gasteiger partial charge < -0.3 is 9.64 Å². The number of hydrogen-bond acceptors (Lipinski definition) is 3. The van der Waals surface area contributed by atoms with Crippen molar-refractivity contribution >= 4 is 17.8 Å². The van der Waals surface area contributed by atoms with Crippen molar-refractivity contribution < 1.29 is 14.3 Å². The topological polar surface area (TPSA) is 46.6 Å². The number of likely N-dealkylation sites (N-methyl/N-ethyl adjacent to an activating group) is 1. The first-order valence-corrected chi connectivity index (χ1v) is 8.09. The molecule has 1 amide bonds. The lowest BCUT2D eigenvalue weighted by atomic mass is 10.0. The van der Waals surface area contributed by atoms with Gasteiger partial charge in [0, 0.05) is 19.7 Å². The van der Waals surface area contributed by atoms with Crippen LogP contribution in [-0.4, -0.2) is 37.3 Å². The lowest BCUT2D eigenvalue weighted by molar-refractivity contribution is -0.130. The molecule has 0 heterocycles. The van der Waals surface area contributed by atoms with Gasteiger partial charge in [-0.15, -0.1) is 0 Å². The summed E-state index contributed by atoms with van der Waals surface area (Å²) in [6.45, 7) is 4.02. The van der Waals surface area contributed by atoms with Crippen molar-refractivity contribution in [2.75, 3.05) is 20.7 Å². The molecule has 0 radical (unpaired) electrons. The molecule has 2 aromatic rings. The first-order chi connectivity index (χ1) is 11.9. The normalized spacial score (nSPS) is 10.7. The third kappa shape index (κ3) is 5.31. The summed E-state index contributed by atoms with van der Waals surface area (Å²) in [6, 6.07) is 12.9. The molecule has 0 bridgehead atoms. The van der Waals surface area contributed by atoms with E-state index >= 15 is 0 Å². The number of carbonyl (C=O) groups excluding carboxylic acids is 2. The fourth-order valence-corrected chi connectivity index (χ4v) is 2.19. The van der Waals surface area contributed by atoms with Crippen LogP contribution in [0.2, 0.25) is 0 Å². The maximum absolute atomic E-state index is 12.3. The molecule has 25 heavy (non-hydrogen) atoms. The fraction of sp³-hybridized carbons (Fsp3) is 0.238. The van der Waals surface area contributed by atoms with Crippen LogP contribution in [0, 0.1) is 13.8 Å². The monoisotopic (exact) mass is 337 g/mol. The number of nitrogens with zero attached hydrogens (tertiary/aromatic N) is 1. The van der Waals surface area contributed by atoms with E-state index in [1.165, 1.54) is 4.90 Å². The van der Waals surface area contributed by atoms with Crippen LogP contribution in [0.1, 0.15) is 27.0 Å². The molecular formula is C21H23NO3. The Balaban J connectivity index is 2.01.